The third-order valence-electron chi connectivity index (χ3n) is 3.37. The van der Waals surface area contributed by atoms with Crippen LogP contribution in [0.3, 0.4) is 0 Å². The van der Waals surface area contributed by atoms with Crippen LogP contribution in [0.25, 0.3) is 0 Å². The Hall–Kier alpha value is -1.91. The Morgan fingerprint density at radius 2 is 1.73 bits per heavy atom. The first-order valence-electron chi connectivity index (χ1n) is 7.79. The minimum Gasteiger partial charge on any atom is -0.490 e. The first kappa shape index (κ1) is 18.1. The number of aliphatic carboxylic acids is 1. The van der Waals surface area contributed by atoms with Crippen LogP contribution in [0.1, 0.15) is 34.6 Å². The van der Waals surface area contributed by atoms with Gasteiger partial charge in [-0.15, -0.1) is 0 Å². The maximum atomic E-state index is 11.1. The molecule has 0 heterocycles. The van der Waals surface area contributed by atoms with E-state index >= 15 is 0 Å². The number of anilines is 1. The lowest BCUT2D eigenvalue weighted by Crippen LogP contribution is -2.37. The molecule has 0 bridgehead atoms. The highest BCUT2D eigenvalue weighted by Crippen LogP contribution is 2.33. The molecular formula is C17H27NO4. The van der Waals surface area contributed by atoms with Crippen molar-refractivity contribution in [3.8, 4) is 11.5 Å². The van der Waals surface area contributed by atoms with E-state index < -0.39 is 11.9 Å². The molecule has 5 heteroatoms. The van der Waals surface area contributed by atoms with Crippen molar-refractivity contribution in [1.82, 2.24) is 0 Å². The van der Waals surface area contributed by atoms with Crippen molar-refractivity contribution in [2.75, 3.05) is 24.7 Å². The summed E-state index contributed by atoms with van der Waals surface area (Å²) in [5.41, 5.74) is 0.940. The van der Waals surface area contributed by atoms with Gasteiger partial charge in [0.05, 0.1) is 19.1 Å². The zero-order chi connectivity index (χ0) is 16.7. The maximum absolute atomic E-state index is 11.1. The average molecular weight is 309 g/mol. The predicted octanol–water partition coefficient (Wildman–Crippen LogP) is 3.42. The highest BCUT2D eigenvalue weighted by molar-refractivity contribution is 5.70. The standard InChI is InChI=1S/C17H27NO4/c1-6-21-15-9-8-14(10-16(15)22-7-2)18(12(3)4)11-13(5)17(19)20/h8-10,12-13H,6-7,11H2,1-5H3,(H,19,20). The molecule has 0 fully saturated rings. The fourth-order valence-electron chi connectivity index (χ4n) is 2.21. The van der Waals surface area contributed by atoms with Gasteiger partial charge in [0.25, 0.3) is 0 Å². The maximum Gasteiger partial charge on any atom is 0.308 e. The van der Waals surface area contributed by atoms with Gasteiger partial charge in [0.1, 0.15) is 0 Å². The summed E-state index contributed by atoms with van der Waals surface area (Å²) in [6.07, 6.45) is 0. The van der Waals surface area contributed by atoms with Crippen LogP contribution < -0.4 is 14.4 Å². The summed E-state index contributed by atoms with van der Waals surface area (Å²) in [4.78, 5) is 13.2. The summed E-state index contributed by atoms with van der Waals surface area (Å²) in [6, 6.07) is 5.93. The van der Waals surface area contributed by atoms with Gasteiger partial charge in [-0.05, 0) is 39.8 Å². The van der Waals surface area contributed by atoms with Crippen molar-refractivity contribution < 1.29 is 19.4 Å². The van der Waals surface area contributed by atoms with Crippen molar-refractivity contribution in [2.24, 2.45) is 5.92 Å². The minimum atomic E-state index is -0.790. The van der Waals surface area contributed by atoms with Crippen LogP contribution in [-0.4, -0.2) is 36.9 Å². The van der Waals surface area contributed by atoms with E-state index in [2.05, 4.69) is 4.90 Å². The second-order valence-electron chi connectivity index (χ2n) is 5.48. The van der Waals surface area contributed by atoms with Gasteiger partial charge in [-0.3, -0.25) is 4.79 Å². The van der Waals surface area contributed by atoms with Gasteiger partial charge in [0.2, 0.25) is 0 Å². The molecule has 1 rings (SSSR count). The van der Waals surface area contributed by atoms with E-state index in [9.17, 15) is 4.79 Å². The van der Waals surface area contributed by atoms with Crippen molar-refractivity contribution in [3.63, 3.8) is 0 Å². The molecule has 1 N–H and O–H groups in total. The fourth-order valence-corrected chi connectivity index (χ4v) is 2.21. The van der Waals surface area contributed by atoms with Gasteiger partial charge in [-0.1, -0.05) is 6.92 Å². The summed E-state index contributed by atoms with van der Waals surface area (Å²) in [5.74, 6) is 0.171. The topological polar surface area (TPSA) is 59.0 Å². The summed E-state index contributed by atoms with van der Waals surface area (Å²) in [6.45, 7) is 11.2. The van der Waals surface area contributed by atoms with E-state index in [0.717, 1.165) is 5.69 Å². The first-order valence-corrected chi connectivity index (χ1v) is 7.79. The minimum absolute atomic E-state index is 0.189. The molecule has 0 radical (unpaired) electrons. The number of hydrogen-bond donors (Lipinski definition) is 1. The number of carbonyl (C=O) groups is 1. The van der Waals surface area contributed by atoms with Crippen LogP contribution in [0.4, 0.5) is 5.69 Å². The van der Waals surface area contributed by atoms with E-state index in [4.69, 9.17) is 14.6 Å². The van der Waals surface area contributed by atoms with Gasteiger partial charge in [0, 0.05) is 24.3 Å². The monoisotopic (exact) mass is 309 g/mol. The second-order valence-corrected chi connectivity index (χ2v) is 5.48. The van der Waals surface area contributed by atoms with Crippen molar-refractivity contribution >= 4 is 11.7 Å². The number of carboxylic acid groups (broad SMARTS) is 1. The van der Waals surface area contributed by atoms with Crippen LogP contribution in [-0.2, 0) is 4.79 Å². The Morgan fingerprint density at radius 3 is 2.23 bits per heavy atom. The fraction of sp³-hybridized carbons (Fsp3) is 0.588. The quantitative estimate of drug-likeness (QED) is 0.757. The lowest BCUT2D eigenvalue weighted by atomic mass is 10.1. The predicted molar refractivity (Wildman–Crippen MR) is 88.1 cm³/mol. The van der Waals surface area contributed by atoms with E-state index in [1.54, 1.807) is 6.92 Å². The highest BCUT2D eigenvalue weighted by atomic mass is 16.5. The molecule has 0 saturated carbocycles. The first-order chi connectivity index (χ1) is 10.4. The lowest BCUT2D eigenvalue weighted by Gasteiger charge is -2.31. The third kappa shape index (κ3) is 4.83. The molecule has 1 atom stereocenters. The van der Waals surface area contributed by atoms with E-state index in [0.29, 0.717) is 31.3 Å². The van der Waals surface area contributed by atoms with Crippen molar-refractivity contribution in [3.05, 3.63) is 18.2 Å². The normalized spacial score (nSPS) is 12.1. The number of benzene rings is 1. The highest BCUT2D eigenvalue weighted by Gasteiger charge is 2.20. The Morgan fingerprint density at radius 1 is 1.14 bits per heavy atom. The Balaban J connectivity index is 3.08. The number of carboxylic acids is 1. The molecule has 0 aliphatic carbocycles. The van der Waals surface area contributed by atoms with Crippen LogP contribution in [0.15, 0.2) is 18.2 Å². The van der Waals surface area contributed by atoms with E-state index in [1.165, 1.54) is 0 Å². The molecule has 0 aliphatic heterocycles. The summed E-state index contributed by atoms with van der Waals surface area (Å²) >= 11 is 0. The van der Waals surface area contributed by atoms with Gasteiger partial charge in [0.15, 0.2) is 11.5 Å². The smallest absolute Gasteiger partial charge is 0.308 e. The average Bonchev–Trinajstić information content (AvgIpc) is 2.46. The second kappa shape index (κ2) is 8.51. The SMILES string of the molecule is CCOc1ccc(N(CC(C)C(=O)O)C(C)C)cc1OCC. The van der Waals surface area contributed by atoms with Crippen LogP contribution in [0.5, 0.6) is 11.5 Å². The Kier molecular flexibility index (Phi) is 7.02. The third-order valence-corrected chi connectivity index (χ3v) is 3.37. The van der Waals surface area contributed by atoms with Crippen LogP contribution >= 0.6 is 0 Å². The molecule has 1 aromatic rings. The molecule has 1 aromatic carbocycles. The number of hydrogen-bond acceptors (Lipinski definition) is 4. The molecular weight excluding hydrogens is 282 g/mol. The molecule has 1 unspecified atom stereocenters. The Bertz CT molecular complexity index is 488. The molecule has 5 nitrogen and oxygen atoms in total. The van der Waals surface area contributed by atoms with Crippen molar-refractivity contribution in [1.29, 1.82) is 0 Å². The van der Waals surface area contributed by atoms with Gasteiger partial charge in [-0.2, -0.15) is 0 Å². The molecule has 124 valence electrons. The van der Waals surface area contributed by atoms with Crippen LogP contribution in [0.2, 0.25) is 0 Å². The molecule has 0 amide bonds. The zero-order valence-corrected chi connectivity index (χ0v) is 14.1. The molecule has 0 spiro atoms. The largest absolute Gasteiger partial charge is 0.490 e. The van der Waals surface area contributed by atoms with Crippen LogP contribution in [0, 0.1) is 5.92 Å². The van der Waals surface area contributed by atoms with Gasteiger partial charge < -0.3 is 19.5 Å². The summed E-state index contributed by atoms with van der Waals surface area (Å²) < 4.78 is 11.2. The molecule has 0 aliphatic rings. The summed E-state index contributed by atoms with van der Waals surface area (Å²) in [5, 5.41) is 9.14. The number of rotatable bonds is 9. The van der Waals surface area contributed by atoms with Crippen molar-refractivity contribution in [2.45, 2.75) is 40.7 Å². The molecule has 0 saturated heterocycles. The number of nitrogens with zero attached hydrogens (tertiary/aromatic N) is 1. The lowest BCUT2D eigenvalue weighted by molar-refractivity contribution is -0.140. The molecule has 22 heavy (non-hydrogen) atoms. The summed E-state index contributed by atoms with van der Waals surface area (Å²) in [7, 11) is 0. The Labute approximate surface area is 132 Å². The molecule has 0 aromatic heterocycles. The number of ether oxygens (including phenoxy) is 2. The van der Waals surface area contributed by atoms with Gasteiger partial charge >= 0.3 is 5.97 Å². The zero-order valence-electron chi connectivity index (χ0n) is 14.1. The van der Waals surface area contributed by atoms with E-state index in [1.807, 2.05) is 45.9 Å². The van der Waals surface area contributed by atoms with Gasteiger partial charge in [-0.25, -0.2) is 0 Å². The van der Waals surface area contributed by atoms with E-state index in [-0.39, 0.29) is 6.04 Å².